The molecule has 0 bridgehead atoms. The molecule has 10 aromatic carbocycles. The number of fused-ring (bicyclic) bond motifs is 4. The molecule has 304 valence electrons. The molecule has 0 saturated carbocycles. The van der Waals surface area contributed by atoms with Gasteiger partial charge in [-0.2, -0.15) is 0 Å². The summed E-state index contributed by atoms with van der Waals surface area (Å²) >= 11 is 0. The van der Waals surface area contributed by atoms with Gasteiger partial charge < -0.3 is 4.42 Å². The fraction of sp³-hybridized carbons (Fsp3) is 0. The number of rotatable bonds is 8. The van der Waals surface area contributed by atoms with Crippen molar-refractivity contribution in [2.75, 3.05) is 0 Å². The van der Waals surface area contributed by atoms with Crippen molar-refractivity contribution in [2.45, 2.75) is 0 Å². The summed E-state index contributed by atoms with van der Waals surface area (Å²) in [6, 6.07) is 82.9. The van der Waals surface area contributed by atoms with Crippen molar-refractivity contribution in [3.05, 3.63) is 237 Å². The Morgan fingerprint density at radius 3 is 1.35 bits per heavy atom. The first-order valence-electron chi connectivity index (χ1n) is 21.9. The van der Waals surface area contributed by atoms with E-state index in [-0.39, 0.29) is 0 Å². The van der Waals surface area contributed by atoms with Gasteiger partial charge in [-0.05, 0) is 73.0 Å². The Kier molecular flexibility index (Phi) is 9.46. The van der Waals surface area contributed by atoms with Crippen LogP contribution in [0.15, 0.2) is 241 Å². The maximum Gasteiger partial charge on any atom is 0.164 e. The molecule has 2 heterocycles. The zero-order valence-electron chi connectivity index (χ0n) is 35.3. The van der Waals surface area contributed by atoms with Crippen molar-refractivity contribution in [1.29, 1.82) is 0 Å². The predicted molar refractivity (Wildman–Crippen MR) is 268 cm³/mol. The molecule has 0 saturated heterocycles. The SMILES string of the molecule is c1ccc(-c2ccc(-c3nc(-c4ccc(-c5cccc(-c6ccccc6)c5)cc4)nc(-c4cccc5oc6c(-c7ccc(-c8cccc9ccccc89)cc7)cccc6c45)n3)cc2)cc1. The van der Waals surface area contributed by atoms with Gasteiger partial charge in [0.05, 0.1) is 0 Å². The van der Waals surface area contributed by atoms with Crippen LogP contribution in [0.2, 0.25) is 0 Å². The van der Waals surface area contributed by atoms with Gasteiger partial charge in [0.1, 0.15) is 11.2 Å². The zero-order valence-corrected chi connectivity index (χ0v) is 35.3. The molecule has 12 rings (SSSR count). The molecule has 0 atom stereocenters. The molecule has 0 aliphatic carbocycles. The number of para-hydroxylation sites is 1. The fourth-order valence-corrected chi connectivity index (χ4v) is 9.09. The van der Waals surface area contributed by atoms with E-state index >= 15 is 0 Å². The third-order valence-corrected chi connectivity index (χ3v) is 12.4. The van der Waals surface area contributed by atoms with Crippen molar-refractivity contribution in [2.24, 2.45) is 0 Å². The molecule has 12 aromatic rings. The monoisotopic (exact) mass is 829 g/mol. The van der Waals surface area contributed by atoms with E-state index in [2.05, 4.69) is 212 Å². The van der Waals surface area contributed by atoms with E-state index < -0.39 is 0 Å². The number of nitrogens with zero attached hydrogens (tertiary/aromatic N) is 3. The highest BCUT2D eigenvalue weighted by atomic mass is 16.3. The molecule has 4 heteroatoms. The van der Waals surface area contributed by atoms with Crippen molar-refractivity contribution in [3.63, 3.8) is 0 Å². The summed E-state index contributed by atoms with van der Waals surface area (Å²) in [6.45, 7) is 0. The van der Waals surface area contributed by atoms with Crippen LogP contribution in [0.4, 0.5) is 0 Å². The lowest BCUT2D eigenvalue weighted by molar-refractivity contribution is 0.670. The van der Waals surface area contributed by atoms with E-state index in [1.54, 1.807) is 0 Å². The quantitative estimate of drug-likeness (QED) is 0.153. The summed E-state index contributed by atoms with van der Waals surface area (Å²) in [4.78, 5) is 15.6. The summed E-state index contributed by atoms with van der Waals surface area (Å²) in [5.41, 5.74) is 15.7. The number of aromatic nitrogens is 3. The van der Waals surface area contributed by atoms with Gasteiger partial charge in [-0.25, -0.2) is 15.0 Å². The second-order valence-corrected chi connectivity index (χ2v) is 16.3. The molecule has 0 aliphatic heterocycles. The summed E-state index contributed by atoms with van der Waals surface area (Å²) in [5.74, 6) is 1.77. The van der Waals surface area contributed by atoms with Gasteiger partial charge in [0.2, 0.25) is 0 Å². The molecule has 0 fully saturated rings. The third-order valence-electron chi connectivity index (χ3n) is 12.4. The van der Waals surface area contributed by atoms with Gasteiger partial charge in [0, 0.05) is 33.0 Å². The topological polar surface area (TPSA) is 51.8 Å². The maximum atomic E-state index is 6.78. The van der Waals surface area contributed by atoms with Gasteiger partial charge >= 0.3 is 0 Å². The van der Waals surface area contributed by atoms with E-state index in [9.17, 15) is 0 Å². The lowest BCUT2D eigenvalue weighted by atomic mass is 9.95. The van der Waals surface area contributed by atoms with Crippen molar-refractivity contribution in [1.82, 2.24) is 15.0 Å². The van der Waals surface area contributed by atoms with Gasteiger partial charge in [-0.3, -0.25) is 0 Å². The highest BCUT2D eigenvalue weighted by molar-refractivity contribution is 6.15. The molecule has 0 aliphatic rings. The lowest BCUT2D eigenvalue weighted by Gasteiger charge is -2.11. The van der Waals surface area contributed by atoms with Crippen LogP contribution in [0.25, 0.3) is 123 Å². The Bertz CT molecular complexity index is 3670. The van der Waals surface area contributed by atoms with Crippen LogP contribution >= 0.6 is 0 Å². The van der Waals surface area contributed by atoms with Crippen LogP contribution in [-0.2, 0) is 0 Å². The highest BCUT2D eigenvalue weighted by Gasteiger charge is 2.20. The van der Waals surface area contributed by atoms with E-state index in [1.165, 1.54) is 33.0 Å². The molecule has 4 nitrogen and oxygen atoms in total. The molecule has 0 spiro atoms. The first kappa shape index (κ1) is 38.0. The standard InChI is InChI=1S/C61H39N3O/c1-3-13-40(14-4-1)42-27-35-47(36-28-42)59-62-60(48-37-29-43(30-38-48)50-20-9-19-49(39-50)41-15-5-2-6-16-41)64-61(63-59)55-25-12-26-56-57(55)54-24-11-23-53(58(54)65-56)46-33-31-45(32-34-46)52-22-10-18-44-17-7-8-21-51(44)52/h1-39H. The van der Waals surface area contributed by atoms with E-state index in [0.29, 0.717) is 17.5 Å². The number of hydrogen-bond acceptors (Lipinski definition) is 4. The fourth-order valence-electron chi connectivity index (χ4n) is 9.09. The Hall–Kier alpha value is -8.73. The first-order chi connectivity index (χ1) is 32.2. The van der Waals surface area contributed by atoms with E-state index in [4.69, 9.17) is 19.4 Å². The van der Waals surface area contributed by atoms with E-state index in [1.807, 2.05) is 24.3 Å². The largest absolute Gasteiger partial charge is 0.455 e. The van der Waals surface area contributed by atoms with Crippen molar-refractivity contribution >= 4 is 32.7 Å². The van der Waals surface area contributed by atoms with E-state index in [0.717, 1.165) is 72.0 Å². The average molecular weight is 830 g/mol. The number of hydrogen-bond donors (Lipinski definition) is 0. The minimum Gasteiger partial charge on any atom is -0.455 e. The molecule has 0 radical (unpaired) electrons. The molecule has 2 aromatic heterocycles. The lowest BCUT2D eigenvalue weighted by Crippen LogP contribution is -2.00. The minimum absolute atomic E-state index is 0.579. The molecular formula is C61H39N3O. The van der Waals surface area contributed by atoms with Crippen LogP contribution < -0.4 is 0 Å². The van der Waals surface area contributed by atoms with Gasteiger partial charge in [0.15, 0.2) is 17.5 Å². The second-order valence-electron chi connectivity index (χ2n) is 16.3. The number of furan rings is 1. The summed E-state index contributed by atoms with van der Waals surface area (Å²) in [6.07, 6.45) is 0. The minimum atomic E-state index is 0.579. The Morgan fingerprint density at radius 2 is 0.677 bits per heavy atom. The average Bonchev–Trinajstić information content (AvgIpc) is 3.79. The van der Waals surface area contributed by atoms with Crippen LogP contribution in [0.5, 0.6) is 0 Å². The van der Waals surface area contributed by atoms with Gasteiger partial charge in [0.25, 0.3) is 0 Å². The first-order valence-corrected chi connectivity index (χ1v) is 21.9. The van der Waals surface area contributed by atoms with Crippen LogP contribution in [0.3, 0.4) is 0 Å². The summed E-state index contributed by atoms with van der Waals surface area (Å²) < 4.78 is 6.78. The molecule has 0 N–H and O–H groups in total. The van der Waals surface area contributed by atoms with Crippen molar-refractivity contribution < 1.29 is 4.42 Å². The molecular weight excluding hydrogens is 791 g/mol. The second kappa shape index (κ2) is 16.2. The number of benzene rings is 10. The molecule has 65 heavy (non-hydrogen) atoms. The Morgan fingerprint density at radius 1 is 0.262 bits per heavy atom. The van der Waals surface area contributed by atoms with Crippen LogP contribution in [-0.4, -0.2) is 15.0 Å². The van der Waals surface area contributed by atoms with Gasteiger partial charge in [-0.15, -0.1) is 0 Å². The molecule has 0 amide bonds. The predicted octanol–water partition coefficient (Wildman–Crippen LogP) is 16.3. The molecule has 0 unspecified atom stereocenters. The van der Waals surface area contributed by atoms with Gasteiger partial charge in [-0.1, -0.05) is 224 Å². The van der Waals surface area contributed by atoms with Crippen molar-refractivity contribution in [3.8, 4) is 89.8 Å². The summed E-state index contributed by atoms with van der Waals surface area (Å²) in [7, 11) is 0. The smallest absolute Gasteiger partial charge is 0.164 e. The van der Waals surface area contributed by atoms with Crippen LogP contribution in [0.1, 0.15) is 0 Å². The zero-order chi connectivity index (χ0) is 43.1. The van der Waals surface area contributed by atoms with Crippen LogP contribution in [0, 0.1) is 0 Å². The highest BCUT2D eigenvalue weighted by Crippen LogP contribution is 2.41. The Labute approximate surface area is 376 Å². The summed E-state index contributed by atoms with van der Waals surface area (Å²) in [5, 5.41) is 4.44. The third kappa shape index (κ3) is 7.13. The Balaban J connectivity index is 0.956. The maximum absolute atomic E-state index is 6.78. The normalized spacial score (nSPS) is 11.4.